The van der Waals surface area contributed by atoms with Crippen molar-refractivity contribution in [2.75, 3.05) is 0 Å². The van der Waals surface area contributed by atoms with Gasteiger partial charge in [0.25, 0.3) is 5.91 Å². The van der Waals surface area contributed by atoms with Crippen LogP contribution in [0.3, 0.4) is 0 Å². The van der Waals surface area contributed by atoms with Crippen LogP contribution in [0.25, 0.3) is 0 Å². The summed E-state index contributed by atoms with van der Waals surface area (Å²) in [6, 6.07) is 18.0. The van der Waals surface area contributed by atoms with Crippen molar-refractivity contribution in [3.8, 4) is 0 Å². The molecule has 4 aromatic rings. The molecule has 0 spiro atoms. The molecule has 2 heterocycles. The number of rotatable bonds is 7. The first-order chi connectivity index (χ1) is 14.6. The van der Waals surface area contributed by atoms with Gasteiger partial charge in [-0.2, -0.15) is 5.10 Å². The predicted octanol–water partition coefficient (Wildman–Crippen LogP) is 4.07. The number of imidazole rings is 1. The van der Waals surface area contributed by atoms with Gasteiger partial charge in [0.05, 0.1) is 24.1 Å². The molecule has 2 aromatic carbocycles. The third-order valence-corrected chi connectivity index (χ3v) is 5.25. The van der Waals surface area contributed by atoms with E-state index < -0.39 is 0 Å². The number of carbonyl (C=O) groups excluding carboxylic acids is 1. The van der Waals surface area contributed by atoms with Crippen LogP contribution in [0.1, 0.15) is 32.7 Å². The molecule has 0 aliphatic carbocycles. The summed E-state index contributed by atoms with van der Waals surface area (Å²) in [5.41, 5.74) is 4.30. The molecule has 0 aliphatic heterocycles. The van der Waals surface area contributed by atoms with Crippen LogP contribution in [0.2, 0.25) is 5.15 Å². The number of amides is 1. The lowest BCUT2D eigenvalue weighted by molar-refractivity contribution is 0.0950. The standard InChI is InChI=1S/C23H22ClN5O/c1-17-21(22(24)29(27-17)15-19-5-3-2-4-6-19)23(30)26-13-18-7-9-20(10-8-18)14-28-12-11-25-16-28/h2-12,16H,13-15H2,1H3,(H,26,30). The summed E-state index contributed by atoms with van der Waals surface area (Å²) < 4.78 is 3.67. The molecule has 0 aliphatic rings. The Morgan fingerprint density at radius 2 is 1.70 bits per heavy atom. The highest BCUT2D eigenvalue weighted by molar-refractivity contribution is 6.33. The summed E-state index contributed by atoms with van der Waals surface area (Å²) in [6.07, 6.45) is 5.48. The molecule has 7 heteroatoms. The molecular weight excluding hydrogens is 398 g/mol. The minimum atomic E-state index is -0.223. The van der Waals surface area contributed by atoms with Crippen molar-refractivity contribution in [1.29, 1.82) is 0 Å². The van der Waals surface area contributed by atoms with Crippen molar-refractivity contribution < 1.29 is 4.79 Å². The van der Waals surface area contributed by atoms with E-state index >= 15 is 0 Å². The Kier molecular flexibility index (Phi) is 5.95. The lowest BCUT2D eigenvalue weighted by atomic mass is 10.1. The molecule has 0 bridgehead atoms. The number of carbonyl (C=O) groups is 1. The minimum absolute atomic E-state index is 0.223. The quantitative estimate of drug-likeness (QED) is 0.491. The zero-order valence-electron chi connectivity index (χ0n) is 16.6. The SMILES string of the molecule is Cc1nn(Cc2ccccc2)c(Cl)c1C(=O)NCc1ccc(Cn2ccnc2)cc1. The molecule has 2 aromatic heterocycles. The molecule has 0 unspecified atom stereocenters. The molecule has 1 amide bonds. The van der Waals surface area contributed by atoms with Crippen molar-refractivity contribution in [2.24, 2.45) is 0 Å². The number of nitrogens with one attached hydrogen (secondary N) is 1. The molecular formula is C23H22ClN5O. The molecule has 152 valence electrons. The van der Waals surface area contributed by atoms with Gasteiger partial charge in [0, 0.05) is 25.5 Å². The van der Waals surface area contributed by atoms with Crippen LogP contribution in [0.5, 0.6) is 0 Å². The normalized spacial score (nSPS) is 10.9. The Hall–Kier alpha value is -3.38. The van der Waals surface area contributed by atoms with Crippen molar-refractivity contribution in [3.05, 3.63) is 106 Å². The highest BCUT2D eigenvalue weighted by Crippen LogP contribution is 2.21. The topological polar surface area (TPSA) is 64.7 Å². The van der Waals surface area contributed by atoms with Gasteiger partial charge in [-0.15, -0.1) is 0 Å². The van der Waals surface area contributed by atoms with Gasteiger partial charge >= 0.3 is 0 Å². The van der Waals surface area contributed by atoms with E-state index in [4.69, 9.17) is 11.6 Å². The van der Waals surface area contributed by atoms with Crippen molar-refractivity contribution >= 4 is 17.5 Å². The number of aromatic nitrogens is 4. The van der Waals surface area contributed by atoms with Gasteiger partial charge < -0.3 is 9.88 Å². The number of halogens is 1. The van der Waals surface area contributed by atoms with Crippen molar-refractivity contribution in [3.63, 3.8) is 0 Å². The van der Waals surface area contributed by atoms with Gasteiger partial charge in [0.2, 0.25) is 0 Å². The maximum absolute atomic E-state index is 12.7. The first-order valence-corrected chi connectivity index (χ1v) is 10.1. The van der Waals surface area contributed by atoms with Crippen LogP contribution in [-0.2, 0) is 19.6 Å². The van der Waals surface area contributed by atoms with Crippen LogP contribution in [0, 0.1) is 6.92 Å². The predicted molar refractivity (Wildman–Crippen MR) is 116 cm³/mol. The summed E-state index contributed by atoms with van der Waals surface area (Å²) >= 11 is 6.48. The molecule has 0 radical (unpaired) electrons. The average molecular weight is 420 g/mol. The number of benzene rings is 2. The second kappa shape index (κ2) is 8.97. The third kappa shape index (κ3) is 4.60. The average Bonchev–Trinajstić information content (AvgIpc) is 3.36. The van der Waals surface area contributed by atoms with E-state index in [1.807, 2.05) is 53.2 Å². The van der Waals surface area contributed by atoms with Crippen molar-refractivity contribution in [1.82, 2.24) is 24.6 Å². The second-order valence-electron chi connectivity index (χ2n) is 7.13. The summed E-state index contributed by atoms with van der Waals surface area (Å²) in [5.74, 6) is -0.223. The van der Waals surface area contributed by atoms with E-state index in [-0.39, 0.29) is 5.91 Å². The number of hydrogen-bond acceptors (Lipinski definition) is 3. The lowest BCUT2D eigenvalue weighted by Crippen LogP contribution is -2.23. The number of nitrogens with zero attached hydrogens (tertiary/aromatic N) is 4. The van der Waals surface area contributed by atoms with Gasteiger partial charge in [0.1, 0.15) is 5.15 Å². The Bertz CT molecular complexity index is 1120. The molecule has 30 heavy (non-hydrogen) atoms. The first kappa shape index (κ1) is 19.9. The van der Waals surface area contributed by atoms with Gasteiger partial charge in [-0.3, -0.25) is 4.79 Å². The van der Waals surface area contributed by atoms with Gasteiger partial charge in [-0.25, -0.2) is 9.67 Å². The van der Waals surface area contributed by atoms with Gasteiger partial charge in [-0.05, 0) is 23.6 Å². The van der Waals surface area contributed by atoms with Gasteiger partial charge in [-0.1, -0.05) is 66.2 Å². The highest BCUT2D eigenvalue weighted by atomic mass is 35.5. The number of aryl methyl sites for hydroxylation is 1. The summed E-state index contributed by atoms with van der Waals surface area (Å²) in [7, 11) is 0. The molecule has 0 saturated heterocycles. The fourth-order valence-corrected chi connectivity index (χ4v) is 3.62. The first-order valence-electron chi connectivity index (χ1n) is 9.69. The van der Waals surface area contributed by atoms with Crippen molar-refractivity contribution in [2.45, 2.75) is 26.6 Å². The summed E-state index contributed by atoms with van der Waals surface area (Å²) in [4.78, 5) is 16.8. The molecule has 4 rings (SSSR count). The summed E-state index contributed by atoms with van der Waals surface area (Å²) in [5, 5.41) is 7.74. The van der Waals surface area contributed by atoms with Crippen LogP contribution in [0.4, 0.5) is 0 Å². The van der Waals surface area contributed by atoms with E-state index in [1.165, 1.54) is 5.56 Å². The monoisotopic (exact) mass is 419 g/mol. The zero-order valence-corrected chi connectivity index (χ0v) is 17.4. The largest absolute Gasteiger partial charge is 0.348 e. The minimum Gasteiger partial charge on any atom is -0.348 e. The fraction of sp³-hybridized carbons (Fsp3) is 0.174. The fourth-order valence-electron chi connectivity index (χ4n) is 3.30. The summed E-state index contributed by atoms with van der Waals surface area (Å²) in [6.45, 7) is 3.51. The van der Waals surface area contributed by atoms with E-state index in [9.17, 15) is 4.79 Å². The Morgan fingerprint density at radius 3 is 2.40 bits per heavy atom. The highest BCUT2D eigenvalue weighted by Gasteiger charge is 2.20. The molecule has 0 saturated carbocycles. The Labute approximate surface area is 180 Å². The van der Waals surface area contributed by atoms with Crippen LogP contribution in [0.15, 0.2) is 73.3 Å². The van der Waals surface area contributed by atoms with E-state index in [2.05, 4.69) is 27.5 Å². The lowest BCUT2D eigenvalue weighted by Gasteiger charge is -2.08. The second-order valence-corrected chi connectivity index (χ2v) is 7.49. The zero-order chi connectivity index (χ0) is 20.9. The Balaban J connectivity index is 1.39. The molecule has 6 nitrogen and oxygen atoms in total. The molecule has 0 atom stereocenters. The van der Waals surface area contributed by atoms with Crippen LogP contribution < -0.4 is 5.32 Å². The smallest absolute Gasteiger partial charge is 0.256 e. The van der Waals surface area contributed by atoms with Crippen LogP contribution in [-0.4, -0.2) is 25.2 Å². The van der Waals surface area contributed by atoms with E-state index in [0.717, 1.165) is 17.7 Å². The van der Waals surface area contributed by atoms with Crippen LogP contribution >= 0.6 is 11.6 Å². The maximum atomic E-state index is 12.7. The van der Waals surface area contributed by atoms with E-state index in [0.29, 0.717) is 29.5 Å². The van der Waals surface area contributed by atoms with E-state index in [1.54, 1.807) is 24.1 Å². The maximum Gasteiger partial charge on any atom is 0.256 e. The number of hydrogen-bond donors (Lipinski definition) is 1. The molecule has 1 N–H and O–H groups in total. The third-order valence-electron chi connectivity index (χ3n) is 4.87. The molecule has 0 fully saturated rings. The van der Waals surface area contributed by atoms with Gasteiger partial charge in [0.15, 0.2) is 0 Å². The Morgan fingerprint density at radius 1 is 1.00 bits per heavy atom.